The van der Waals surface area contributed by atoms with Crippen molar-refractivity contribution < 1.29 is 4.79 Å². The highest BCUT2D eigenvalue weighted by Crippen LogP contribution is 2.30. The highest BCUT2D eigenvalue weighted by molar-refractivity contribution is 5.80. The number of aryl methyl sites for hydroxylation is 1. The molecule has 7 heteroatoms. The van der Waals surface area contributed by atoms with Crippen LogP contribution in [0.3, 0.4) is 0 Å². The molecule has 2 aliphatic heterocycles. The minimum Gasteiger partial charge on any atom is -0.342 e. The number of hydrogen-bond donors (Lipinski definition) is 3. The number of likely N-dealkylation sites (tertiary alicyclic amines) is 1. The smallest absolute Gasteiger partial charge is 0.251 e. The third-order valence-electron chi connectivity index (χ3n) is 5.56. The Morgan fingerprint density at radius 3 is 2.63 bits per heavy atom. The Labute approximate surface area is 158 Å². The van der Waals surface area contributed by atoms with Crippen LogP contribution >= 0.6 is 0 Å². The summed E-state index contributed by atoms with van der Waals surface area (Å²) in [4.78, 5) is 33.9. The Morgan fingerprint density at radius 2 is 1.93 bits per heavy atom. The van der Waals surface area contributed by atoms with Gasteiger partial charge in [0.25, 0.3) is 5.56 Å². The van der Waals surface area contributed by atoms with E-state index in [9.17, 15) is 9.59 Å². The lowest BCUT2D eigenvalue weighted by Gasteiger charge is -2.34. The molecular weight excluding hydrogens is 342 g/mol. The molecule has 4 rings (SSSR count). The minimum absolute atomic E-state index is 0.00609. The van der Waals surface area contributed by atoms with E-state index < -0.39 is 0 Å². The second-order valence-corrected chi connectivity index (χ2v) is 7.38. The fourth-order valence-corrected chi connectivity index (χ4v) is 4.15. The lowest BCUT2D eigenvalue weighted by atomic mass is 9.90. The van der Waals surface area contributed by atoms with E-state index in [2.05, 4.69) is 33.0 Å². The van der Waals surface area contributed by atoms with Crippen LogP contribution in [0.25, 0.3) is 0 Å². The number of aromatic amines is 1. The normalized spacial score (nSPS) is 23.5. The average Bonchev–Trinajstić information content (AvgIpc) is 3.17. The summed E-state index contributed by atoms with van der Waals surface area (Å²) in [5.41, 5.74) is 8.25. The third-order valence-corrected chi connectivity index (χ3v) is 5.56. The van der Waals surface area contributed by atoms with E-state index in [-0.39, 0.29) is 29.3 Å². The summed E-state index contributed by atoms with van der Waals surface area (Å²) in [6, 6.07) is 11.7. The van der Waals surface area contributed by atoms with Crippen LogP contribution in [0.1, 0.15) is 41.9 Å². The van der Waals surface area contributed by atoms with Crippen LogP contribution in [0.15, 0.2) is 41.2 Å². The van der Waals surface area contributed by atoms with E-state index >= 15 is 0 Å². The zero-order valence-electron chi connectivity index (χ0n) is 15.4. The van der Waals surface area contributed by atoms with Gasteiger partial charge < -0.3 is 9.88 Å². The molecule has 2 atom stereocenters. The van der Waals surface area contributed by atoms with Gasteiger partial charge in [0.15, 0.2) is 0 Å². The molecule has 1 amide bonds. The van der Waals surface area contributed by atoms with E-state index in [4.69, 9.17) is 0 Å². The molecule has 0 radical (unpaired) electrons. The summed E-state index contributed by atoms with van der Waals surface area (Å²) in [6.45, 7) is 3.84. The molecule has 7 nitrogen and oxygen atoms in total. The molecule has 0 spiro atoms. The molecule has 2 aliphatic rings. The molecule has 3 N–H and O–H groups in total. The van der Waals surface area contributed by atoms with Crippen molar-refractivity contribution in [2.24, 2.45) is 5.92 Å². The molecule has 2 saturated heterocycles. The number of piperidine rings is 1. The van der Waals surface area contributed by atoms with Gasteiger partial charge in [-0.3, -0.25) is 15.0 Å². The number of hydrazine groups is 1. The number of benzene rings is 1. The Hall–Kier alpha value is -2.51. The fourth-order valence-electron chi connectivity index (χ4n) is 4.15. The lowest BCUT2D eigenvalue weighted by Crippen LogP contribution is -2.43. The zero-order chi connectivity index (χ0) is 18.8. The van der Waals surface area contributed by atoms with E-state index in [0.717, 1.165) is 24.1 Å². The summed E-state index contributed by atoms with van der Waals surface area (Å²) in [5, 5.41) is 0. The monoisotopic (exact) mass is 367 g/mol. The van der Waals surface area contributed by atoms with Gasteiger partial charge in [-0.1, -0.05) is 30.3 Å². The van der Waals surface area contributed by atoms with Crippen molar-refractivity contribution in [2.75, 3.05) is 19.6 Å². The molecule has 0 bridgehead atoms. The van der Waals surface area contributed by atoms with Gasteiger partial charge in [0.05, 0.1) is 17.7 Å². The quantitative estimate of drug-likeness (QED) is 0.760. The van der Waals surface area contributed by atoms with Crippen molar-refractivity contribution in [1.29, 1.82) is 0 Å². The summed E-state index contributed by atoms with van der Waals surface area (Å²) in [7, 11) is 0. The predicted molar refractivity (Wildman–Crippen MR) is 102 cm³/mol. The topological polar surface area (TPSA) is 90.1 Å². The number of aromatic nitrogens is 2. The first-order valence-electron chi connectivity index (χ1n) is 9.52. The Morgan fingerprint density at radius 1 is 1.19 bits per heavy atom. The van der Waals surface area contributed by atoms with Crippen molar-refractivity contribution in [3.05, 3.63) is 63.8 Å². The number of carbonyl (C=O) groups excluding carboxylic acids is 1. The molecule has 0 saturated carbocycles. The molecule has 27 heavy (non-hydrogen) atoms. The zero-order valence-corrected chi connectivity index (χ0v) is 15.4. The molecule has 1 aromatic carbocycles. The first kappa shape index (κ1) is 17.9. The number of hydrogen-bond acceptors (Lipinski definition) is 5. The maximum Gasteiger partial charge on any atom is 0.251 e. The summed E-state index contributed by atoms with van der Waals surface area (Å²) < 4.78 is 0. The number of nitrogens with one attached hydrogen (secondary N) is 3. The van der Waals surface area contributed by atoms with Crippen LogP contribution in [0.5, 0.6) is 0 Å². The second-order valence-electron chi connectivity index (χ2n) is 7.38. The van der Waals surface area contributed by atoms with Crippen LogP contribution in [-0.2, 0) is 4.79 Å². The summed E-state index contributed by atoms with van der Waals surface area (Å²) in [6.07, 6.45) is 1.68. The van der Waals surface area contributed by atoms with E-state index in [1.54, 1.807) is 13.0 Å². The van der Waals surface area contributed by atoms with Crippen LogP contribution in [-0.4, -0.2) is 40.4 Å². The van der Waals surface area contributed by atoms with Gasteiger partial charge in [-0.25, -0.2) is 10.4 Å². The molecule has 0 aliphatic carbocycles. The maximum atomic E-state index is 13.1. The summed E-state index contributed by atoms with van der Waals surface area (Å²) >= 11 is 0. The van der Waals surface area contributed by atoms with Crippen LogP contribution in [0, 0.1) is 12.8 Å². The first-order valence-corrected chi connectivity index (χ1v) is 9.52. The lowest BCUT2D eigenvalue weighted by molar-refractivity contribution is -0.136. The second kappa shape index (κ2) is 7.62. The van der Waals surface area contributed by atoms with Crippen molar-refractivity contribution in [3.8, 4) is 0 Å². The molecule has 2 unspecified atom stereocenters. The molecule has 2 fully saturated rings. The van der Waals surface area contributed by atoms with Gasteiger partial charge in [0.2, 0.25) is 5.91 Å². The number of amides is 1. The van der Waals surface area contributed by atoms with Crippen LogP contribution < -0.4 is 16.4 Å². The molecule has 1 aromatic heterocycles. The third kappa shape index (κ3) is 3.79. The van der Waals surface area contributed by atoms with Crippen molar-refractivity contribution in [3.63, 3.8) is 0 Å². The molecule has 2 aromatic rings. The van der Waals surface area contributed by atoms with Gasteiger partial charge in [-0.2, -0.15) is 0 Å². The number of nitrogens with zero attached hydrogens (tertiary/aromatic N) is 2. The minimum atomic E-state index is -0.108. The molecule has 3 heterocycles. The predicted octanol–water partition coefficient (Wildman–Crippen LogP) is 1.25. The van der Waals surface area contributed by atoms with E-state index in [0.29, 0.717) is 25.5 Å². The Balaban J connectivity index is 1.42. The number of H-pyrrole nitrogens is 1. The maximum absolute atomic E-state index is 13.1. The Bertz CT molecular complexity index is 858. The standard InChI is InChI=1S/C20H25N5O2/c1-13-22-17(11-18(26)23-13)14-7-9-25(10-8-14)20(27)16-12-21-24-19(16)15-5-3-2-4-6-15/h2-6,11,14,16,19,21,24H,7-10,12H2,1H3,(H,22,23,26). The van der Waals surface area contributed by atoms with Crippen molar-refractivity contribution >= 4 is 5.91 Å². The van der Waals surface area contributed by atoms with Gasteiger partial charge in [-0.05, 0) is 25.3 Å². The fraction of sp³-hybridized carbons (Fsp3) is 0.450. The van der Waals surface area contributed by atoms with Gasteiger partial charge in [0.1, 0.15) is 5.82 Å². The highest BCUT2D eigenvalue weighted by Gasteiger charge is 2.37. The van der Waals surface area contributed by atoms with Crippen LogP contribution in [0.4, 0.5) is 0 Å². The SMILES string of the molecule is Cc1nc(C2CCN(C(=O)C3CNNC3c3ccccc3)CC2)cc(=O)[nH]1. The van der Waals surface area contributed by atoms with E-state index in [1.807, 2.05) is 23.1 Å². The largest absolute Gasteiger partial charge is 0.342 e. The highest BCUT2D eigenvalue weighted by atomic mass is 16.2. The number of rotatable bonds is 3. The first-order chi connectivity index (χ1) is 13.1. The molecule has 142 valence electrons. The van der Waals surface area contributed by atoms with Crippen LogP contribution in [0.2, 0.25) is 0 Å². The molecular formula is C20H25N5O2. The van der Waals surface area contributed by atoms with Crippen molar-refractivity contribution in [1.82, 2.24) is 25.7 Å². The summed E-state index contributed by atoms with van der Waals surface area (Å²) in [5.74, 6) is 0.961. The van der Waals surface area contributed by atoms with Gasteiger partial charge in [-0.15, -0.1) is 0 Å². The van der Waals surface area contributed by atoms with Gasteiger partial charge in [0, 0.05) is 31.6 Å². The van der Waals surface area contributed by atoms with Gasteiger partial charge >= 0.3 is 0 Å². The average molecular weight is 367 g/mol. The van der Waals surface area contributed by atoms with Crippen molar-refractivity contribution in [2.45, 2.75) is 31.7 Å². The Kier molecular flexibility index (Phi) is 5.05. The number of carbonyl (C=O) groups is 1. The van der Waals surface area contributed by atoms with E-state index in [1.165, 1.54) is 0 Å².